The van der Waals surface area contributed by atoms with E-state index in [9.17, 15) is 14.7 Å². The van der Waals surface area contributed by atoms with E-state index in [4.69, 9.17) is 0 Å². The van der Waals surface area contributed by atoms with Gasteiger partial charge in [0.15, 0.2) is 5.88 Å². The van der Waals surface area contributed by atoms with Crippen LogP contribution in [0.3, 0.4) is 0 Å². The third-order valence-electron chi connectivity index (χ3n) is 3.49. The number of fused-ring (bicyclic) bond motifs is 1. The van der Waals surface area contributed by atoms with Gasteiger partial charge in [0, 0.05) is 24.4 Å². The standard InChI is InChI=1S/C15H15N3O3/c19-13-6-10(7-14(20)18-13)15(21)17-12-3-1-2-9-4-5-16-8-11(9)12/h1-3,6-7,16H,4-5,8H2,(H,17,21)(H2,18,19,20). The minimum absolute atomic E-state index is 0.123. The van der Waals surface area contributed by atoms with Gasteiger partial charge in [-0.25, -0.2) is 0 Å². The van der Waals surface area contributed by atoms with E-state index in [0.717, 1.165) is 30.3 Å². The molecule has 1 aromatic heterocycles. The molecule has 3 rings (SSSR count). The molecular formula is C15H15N3O3. The van der Waals surface area contributed by atoms with Crippen LogP contribution < -0.4 is 16.2 Å². The number of aromatic amines is 1. The van der Waals surface area contributed by atoms with E-state index in [-0.39, 0.29) is 11.4 Å². The van der Waals surface area contributed by atoms with Crippen LogP contribution >= 0.6 is 0 Å². The van der Waals surface area contributed by atoms with Crippen LogP contribution in [0.2, 0.25) is 0 Å². The predicted molar refractivity (Wildman–Crippen MR) is 78.5 cm³/mol. The molecule has 4 N–H and O–H groups in total. The normalized spacial score (nSPS) is 13.5. The lowest BCUT2D eigenvalue weighted by Gasteiger charge is -2.20. The molecule has 1 aromatic carbocycles. The summed E-state index contributed by atoms with van der Waals surface area (Å²) in [4.78, 5) is 25.7. The van der Waals surface area contributed by atoms with Gasteiger partial charge in [-0.15, -0.1) is 0 Å². The molecule has 1 aliphatic rings. The third-order valence-corrected chi connectivity index (χ3v) is 3.49. The Morgan fingerprint density at radius 1 is 1.29 bits per heavy atom. The summed E-state index contributed by atoms with van der Waals surface area (Å²) in [5.74, 6) is -0.750. The SMILES string of the molecule is O=C(Nc1cccc2c1CNCC2)c1cc(O)[nH]c(=O)c1. The number of rotatable bonds is 2. The van der Waals surface area contributed by atoms with Gasteiger partial charge in [-0.2, -0.15) is 0 Å². The lowest BCUT2D eigenvalue weighted by Crippen LogP contribution is -2.25. The van der Waals surface area contributed by atoms with Crippen molar-refractivity contribution in [1.29, 1.82) is 0 Å². The van der Waals surface area contributed by atoms with Gasteiger partial charge < -0.3 is 15.7 Å². The molecular weight excluding hydrogens is 270 g/mol. The van der Waals surface area contributed by atoms with Crippen molar-refractivity contribution in [3.8, 4) is 5.88 Å². The number of anilines is 1. The number of nitrogens with one attached hydrogen (secondary N) is 3. The molecule has 2 aromatic rings. The summed E-state index contributed by atoms with van der Waals surface area (Å²) in [6, 6.07) is 8.16. The summed E-state index contributed by atoms with van der Waals surface area (Å²) in [6.07, 6.45) is 0.921. The molecule has 0 bridgehead atoms. The predicted octanol–water partition coefficient (Wildman–Crippen LogP) is 0.978. The number of hydrogen-bond donors (Lipinski definition) is 4. The summed E-state index contributed by atoms with van der Waals surface area (Å²) in [5, 5.41) is 15.4. The zero-order valence-electron chi connectivity index (χ0n) is 11.3. The smallest absolute Gasteiger partial charge is 0.256 e. The fourth-order valence-electron chi connectivity index (χ4n) is 2.49. The first kappa shape index (κ1) is 13.4. The molecule has 0 unspecified atom stereocenters. The molecule has 0 atom stereocenters. The Balaban J connectivity index is 1.90. The second kappa shape index (κ2) is 5.41. The molecule has 0 spiro atoms. The van der Waals surface area contributed by atoms with Crippen molar-refractivity contribution >= 4 is 11.6 Å². The molecule has 6 heteroatoms. The molecule has 1 amide bonds. The summed E-state index contributed by atoms with van der Waals surface area (Å²) in [5.41, 5.74) is 2.60. The number of aromatic nitrogens is 1. The van der Waals surface area contributed by atoms with Gasteiger partial charge in [-0.1, -0.05) is 12.1 Å². The number of amides is 1. The quantitative estimate of drug-likeness (QED) is 0.661. The Hall–Kier alpha value is -2.60. The van der Waals surface area contributed by atoms with E-state index in [1.165, 1.54) is 11.6 Å². The fraction of sp³-hybridized carbons (Fsp3) is 0.200. The number of carbonyl (C=O) groups is 1. The van der Waals surface area contributed by atoms with Crippen molar-refractivity contribution in [1.82, 2.24) is 10.3 Å². The number of hydrogen-bond acceptors (Lipinski definition) is 4. The van der Waals surface area contributed by atoms with Crippen molar-refractivity contribution in [3.63, 3.8) is 0 Å². The van der Waals surface area contributed by atoms with Gasteiger partial charge in [-0.05, 0) is 30.2 Å². The molecule has 0 radical (unpaired) electrons. The van der Waals surface area contributed by atoms with Crippen molar-refractivity contribution in [2.24, 2.45) is 0 Å². The Bertz CT molecular complexity index is 752. The highest BCUT2D eigenvalue weighted by Crippen LogP contribution is 2.23. The topological polar surface area (TPSA) is 94.2 Å². The van der Waals surface area contributed by atoms with E-state index >= 15 is 0 Å². The molecule has 1 aliphatic heterocycles. The molecule has 0 aliphatic carbocycles. The summed E-state index contributed by atoms with van der Waals surface area (Å²) < 4.78 is 0. The van der Waals surface area contributed by atoms with E-state index < -0.39 is 11.5 Å². The van der Waals surface area contributed by atoms with Crippen LogP contribution in [-0.4, -0.2) is 22.5 Å². The molecule has 0 saturated heterocycles. The average molecular weight is 285 g/mol. The number of benzene rings is 1. The maximum atomic E-state index is 12.2. The lowest BCUT2D eigenvalue weighted by atomic mass is 9.99. The van der Waals surface area contributed by atoms with Crippen LogP contribution in [0.5, 0.6) is 5.88 Å². The third kappa shape index (κ3) is 2.80. The largest absolute Gasteiger partial charge is 0.494 e. The monoisotopic (exact) mass is 285 g/mol. The molecule has 0 fully saturated rings. The van der Waals surface area contributed by atoms with Gasteiger partial charge in [0.25, 0.3) is 11.5 Å². The number of H-pyrrole nitrogens is 1. The van der Waals surface area contributed by atoms with Crippen LogP contribution in [0.4, 0.5) is 5.69 Å². The maximum Gasteiger partial charge on any atom is 0.256 e. The minimum atomic E-state index is -0.517. The Kier molecular flexibility index (Phi) is 3.45. The first-order valence-electron chi connectivity index (χ1n) is 6.69. The summed E-state index contributed by atoms with van der Waals surface area (Å²) in [7, 11) is 0. The maximum absolute atomic E-state index is 12.2. The van der Waals surface area contributed by atoms with Crippen molar-refractivity contribution in [2.75, 3.05) is 11.9 Å². The van der Waals surface area contributed by atoms with Crippen LogP contribution in [0.25, 0.3) is 0 Å². The number of pyridine rings is 1. The van der Waals surface area contributed by atoms with Crippen molar-refractivity contribution in [2.45, 2.75) is 13.0 Å². The molecule has 108 valence electrons. The van der Waals surface area contributed by atoms with E-state index in [2.05, 4.69) is 15.6 Å². The zero-order valence-corrected chi connectivity index (χ0v) is 11.3. The van der Waals surface area contributed by atoms with Crippen LogP contribution in [0.15, 0.2) is 35.1 Å². The Labute approximate surface area is 120 Å². The van der Waals surface area contributed by atoms with Gasteiger partial charge in [0.1, 0.15) is 0 Å². The van der Waals surface area contributed by atoms with Crippen LogP contribution in [-0.2, 0) is 13.0 Å². The summed E-state index contributed by atoms with van der Waals surface area (Å²) >= 11 is 0. The Morgan fingerprint density at radius 3 is 2.95 bits per heavy atom. The highest BCUT2D eigenvalue weighted by Gasteiger charge is 2.15. The second-order valence-electron chi connectivity index (χ2n) is 4.94. The van der Waals surface area contributed by atoms with Crippen molar-refractivity contribution in [3.05, 3.63) is 57.4 Å². The van der Waals surface area contributed by atoms with Gasteiger partial charge in [0.2, 0.25) is 0 Å². The lowest BCUT2D eigenvalue weighted by molar-refractivity contribution is 0.102. The Morgan fingerprint density at radius 2 is 2.14 bits per heavy atom. The highest BCUT2D eigenvalue weighted by molar-refractivity contribution is 6.04. The van der Waals surface area contributed by atoms with Gasteiger partial charge >= 0.3 is 0 Å². The summed E-state index contributed by atoms with van der Waals surface area (Å²) in [6.45, 7) is 1.62. The van der Waals surface area contributed by atoms with Gasteiger partial charge in [-0.3, -0.25) is 14.6 Å². The van der Waals surface area contributed by atoms with E-state index in [1.54, 1.807) is 0 Å². The number of aromatic hydroxyl groups is 1. The first-order chi connectivity index (χ1) is 10.1. The highest BCUT2D eigenvalue weighted by atomic mass is 16.3. The first-order valence-corrected chi connectivity index (χ1v) is 6.69. The van der Waals surface area contributed by atoms with Crippen LogP contribution in [0.1, 0.15) is 21.5 Å². The molecule has 0 saturated carbocycles. The minimum Gasteiger partial charge on any atom is -0.494 e. The zero-order chi connectivity index (χ0) is 14.8. The van der Waals surface area contributed by atoms with Crippen molar-refractivity contribution < 1.29 is 9.90 Å². The second-order valence-corrected chi connectivity index (χ2v) is 4.94. The van der Waals surface area contributed by atoms with Gasteiger partial charge in [0.05, 0.1) is 5.56 Å². The van der Waals surface area contributed by atoms with E-state index in [0.29, 0.717) is 6.54 Å². The van der Waals surface area contributed by atoms with E-state index in [1.807, 2.05) is 18.2 Å². The molecule has 6 nitrogen and oxygen atoms in total. The molecule has 21 heavy (non-hydrogen) atoms. The van der Waals surface area contributed by atoms with Crippen LogP contribution in [0, 0.1) is 0 Å². The molecule has 2 heterocycles. The fourth-order valence-corrected chi connectivity index (χ4v) is 2.49. The average Bonchev–Trinajstić information content (AvgIpc) is 2.46. The number of carbonyl (C=O) groups excluding carboxylic acids is 1.